The summed E-state index contributed by atoms with van der Waals surface area (Å²) in [5.41, 5.74) is -0.113. The van der Waals surface area contributed by atoms with Crippen molar-refractivity contribution < 1.29 is 19.7 Å². The molecule has 0 aliphatic rings. The fourth-order valence-electron chi connectivity index (χ4n) is 1.39. The van der Waals surface area contributed by atoms with Crippen LogP contribution in [0.3, 0.4) is 0 Å². The standard InChI is InChI=1S/C13H20N2O4/c1-13(2,3)19-12(18)15-8-10(16)11(17)9-5-4-6-14-7-9/h4-7,10-11,16-17H,8H2,1-3H3,(H,15,18). The van der Waals surface area contributed by atoms with E-state index in [0.717, 1.165) is 0 Å². The van der Waals surface area contributed by atoms with Gasteiger partial charge >= 0.3 is 6.09 Å². The van der Waals surface area contributed by atoms with Crippen LogP contribution in [0.25, 0.3) is 0 Å². The average Bonchev–Trinajstić information content (AvgIpc) is 2.34. The number of pyridine rings is 1. The Morgan fingerprint density at radius 2 is 2.16 bits per heavy atom. The van der Waals surface area contributed by atoms with Crippen molar-refractivity contribution >= 4 is 6.09 Å². The van der Waals surface area contributed by atoms with Gasteiger partial charge in [-0.15, -0.1) is 0 Å². The third-order valence-corrected chi connectivity index (χ3v) is 2.24. The third kappa shape index (κ3) is 5.67. The van der Waals surface area contributed by atoms with E-state index >= 15 is 0 Å². The predicted octanol–water partition coefficient (Wildman–Crippen LogP) is 1.00. The lowest BCUT2D eigenvalue weighted by Gasteiger charge is -2.22. The number of ether oxygens (including phenoxy) is 1. The highest BCUT2D eigenvalue weighted by molar-refractivity contribution is 5.67. The van der Waals surface area contributed by atoms with Gasteiger partial charge in [0.15, 0.2) is 0 Å². The van der Waals surface area contributed by atoms with E-state index in [-0.39, 0.29) is 6.54 Å². The Kier molecular flexibility index (Phi) is 5.26. The molecule has 2 unspecified atom stereocenters. The molecule has 0 fully saturated rings. The lowest BCUT2D eigenvalue weighted by Crippen LogP contribution is -2.38. The van der Waals surface area contributed by atoms with Crippen LogP contribution in [0.4, 0.5) is 4.79 Å². The van der Waals surface area contributed by atoms with Crippen molar-refractivity contribution in [3.63, 3.8) is 0 Å². The molecule has 106 valence electrons. The molecule has 6 nitrogen and oxygen atoms in total. The van der Waals surface area contributed by atoms with Crippen molar-refractivity contribution in [2.24, 2.45) is 0 Å². The molecule has 1 amide bonds. The Balaban J connectivity index is 2.43. The second kappa shape index (κ2) is 6.49. The molecule has 0 saturated heterocycles. The van der Waals surface area contributed by atoms with E-state index in [0.29, 0.717) is 5.56 Å². The molecule has 0 aromatic carbocycles. The molecule has 0 bridgehead atoms. The molecule has 0 aliphatic heterocycles. The summed E-state index contributed by atoms with van der Waals surface area (Å²) in [5.74, 6) is 0. The maximum Gasteiger partial charge on any atom is 0.407 e. The molecule has 1 heterocycles. The number of nitrogens with zero attached hydrogens (tertiary/aromatic N) is 1. The lowest BCUT2D eigenvalue weighted by atomic mass is 10.1. The Hall–Kier alpha value is -1.66. The van der Waals surface area contributed by atoms with Crippen molar-refractivity contribution in [2.75, 3.05) is 6.54 Å². The van der Waals surface area contributed by atoms with E-state index < -0.39 is 23.9 Å². The SMILES string of the molecule is CC(C)(C)OC(=O)NCC(O)C(O)c1cccnc1. The Bertz CT molecular complexity index is 403. The van der Waals surface area contributed by atoms with Crippen LogP contribution >= 0.6 is 0 Å². The Labute approximate surface area is 112 Å². The molecule has 0 spiro atoms. The van der Waals surface area contributed by atoms with Gasteiger partial charge in [0.25, 0.3) is 0 Å². The van der Waals surface area contributed by atoms with Crippen LogP contribution in [0.5, 0.6) is 0 Å². The highest BCUT2D eigenvalue weighted by Gasteiger charge is 2.21. The first-order valence-electron chi connectivity index (χ1n) is 6.02. The number of alkyl carbamates (subject to hydrolysis) is 1. The van der Waals surface area contributed by atoms with Crippen molar-refractivity contribution in [3.05, 3.63) is 30.1 Å². The first-order chi connectivity index (χ1) is 8.79. The summed E-state index contributed by atoms with van der Waals surface area (Å²) >= 11 is 0. The summed E-state index contributed by atoms with van der Waals surface area (Å²) in [5, 5.41) is 22.0. The summed E-state index contributed by atoms with van der Waals surface area (Å²) in [4.78, 5) is 15.2. The number of carbonyl (C=O) groups excluding carboxylic acids is 1. The highest BCUT2D eigenvalue weighted by atomic mass is 16.6. The number of hydrogen-bond acceptors (Lipinski definition) is 5. The minimum absolute atomic E-state index is 0.106. The van der Waals surface area contributed by atoms with Gasteiger partial charge in [0, 0.05) is 24.5 Å². The van der Waals surface area contributed by atoms with Gasteiger partial charge in [0.05, 0.1) is 0 Å². The van der Waals surface area contributed by atoms with Crippen LogP contribution in [-0.4, -0.2) is 39.5 Å². The summed E-state index contributed by atoms with van der Waals surface area (Å²) < 4.78 is 5.02. The fraction of sp³-hybridized carbons (Fsp3) is 0.538. The normalized spacial score (nSPS) is 14.6. The topological polar surface area (TPSA) is 91.7 Å². The van der Waals surface area contributed by atoms with Crippen LogP contribution in [0.2, 0.25) is 0 Å². The Morgan fingerprint density at radius 1 is 1.47 bits per heavy atom. The number of aliphatic hydroxyl groups excluding tert-OH is 2. The molecule has 2 atom stereocenters. The van der Waals surface area contributed by atoms with E-state index in [1.165, 1.54) is 6.20 Å². The number of nitrogens with one attached hydrogen (secondary N) is 1. The van der Waals surface area contributed by atoms with Gasteiger partial charge in [0.2, 0.25) is 0 Å². The van der Waals surface area contributed by atoms with Crippen LogP contribution in [-0.2, 0) is 4.74 Å². The van der Waals surface area contributed by atoms with Gasteiger partial charge in [-0.3, -0.25) is 4.98 Å². The monoisotopic (exact) mass is 268 g/mol. The van der Waals surface area contributed by atoms with E-state index in [1.807, 2.05) is 0 Å². The Morgan fingerprint density at radius 3 is 2.68 bits per heavy atom. The van der Waals surface area contributed by atoms with E-state index in [2.05, 4.69) is 10.3 Å². The smallest absolute Gasteiger partial charge is 0.407 e. The van der Waals surface area contributed by atoms with Crippen molar-refractivity contribution in [3.8, 4) is 0 Å². The fourth-order valence-corrected chi connectivity index (χ4v) is 1.39. The second-order valence-electron chi connectivity index (χ2n) is 5.18. The molecule has 0 aliphatic carbocycles. The van der Waals surface area contributed by atoms with Crippen molar-refractivity contribution in [2.45, 2.75) is 38.6 Å². The van der Waals surface area contributed by atoms with Crippen LogP contribution in [0, 0.1) is 0 Å². The molecule has 0 radical (unpaired) electrons. The average molecular weight is 268 g/mol. The zero-order valence-corrected chi connectivity index (χ0v) is 11.3. The predicted molar refractivity (Wildman–Crippen MR) is 69.4 cm³/mol. The first-order valence-corrected chi connectivity index (χ1v) is 6.02. The first kappa shape index (κ1) is 15.4. The van der Waals surface area contributed by atoms with Crippen LogP contribution in [0.15, 0.2) is 24.5 Å². The van der Waals surface area contributed by atoms with E-state index in [4.69, 9.17) is 4.74 Å². The van der Waals surface area contributed by atoms with Crippen LogP contribution < -0.4 is 5.32 Å². The molecule has 3 N–H and O–H groups in total. The lowest BCUT2D eigenvalue weighted by molar-refractivity contribution is 0.0128. The summed E-state index contributed by atoms with van der Waals surface area (Å²) in [7, 11) is 0. The maximum absolute atomic E-state index is 11.4. The van der Waals surface area contributed by atoms with E-state index in [1.54, 1.807) is 39.1 Å². The quantitative estimate of drug-likeness (QED) is 0.757. The largest absolute Gasteiger partial charge is 0.444 e. The second-order valence-corrected chi connectivity index (χ2v) is 5.18. The molecule has 0 saturated carbocycles. The number of rotatable bonds is 4. The van der Waals surface area contributed by atoms with Crippen molar-refractivity contribution in [1.29, 1.82) is 0 Å². The number of aliphatic hydroxyl groups is 2. The van der Waals surface area contributed by atoms with Crippen LogP contribution in [0.1, 0.15) is 32.4 Å². The third-order valence-electron chi connectivity index (χ3n) is 2.24. The summed E-state index contributed by atoms with van der Waals surface area (Å²) in [6.45, 7) is 5.12. The minimum Gasteiger partial charge on any atom is -0.444 e. The molecular weight excluding hydrogens is 248 g/mol. The van der Waals surface area contributed by atoms with Crippen molar-refractivity contribution in [1.82, 2.24) is 10.3 Å². The molecule has 1 aromatic heterocycles. The summed E-state index contributed by atoms with van der Waals surface area (Å²) in [6, 6.07) is 3.31. The molecule has 1 aromatic rings. The highest BCUT2D eigenvalue weighted by Crippen LogP contribution is 2.15. The molecule has 1 rings (SSSR count). The molecule has 19 heavy (non-hydrogen) atoms. The van der Waals surface area contributed by atoms with Gasteiger partial charge in [-0.1, -0.05) is 6.07 Å². The zero-order valence-electron chi connectivity index (χ0n) is 11.3. The number of carbonyl (C=O) groups is 1. The van der Waals surface area contributed by atoms with E-state index in [9.17, 15) is 15.0 Å². The molecular formula is C13H20N2O4. The minimum atomic E-state index is -1.13. The van der Waals surface area contributed by atoms with Gasteiger partial charge in [-0.05, 0) is 26.8 Å². The zero-order chi connectivity index (χ0) is 14.5. The maximum atomic E-state index is 11.4. The van der Waals surface area contributed by atoms with Gasteiger partial charge in [-0.2, -0.15) is 0 Å². The van der Waals surface area contributed by atoms with Gasteiger partial charge in [-0.25, -0.2) is 4.79 Å². The van der Waals surface area contributed by atoms with Gasteiger partial charge in [0.1, 0.15) is 17.8 Å². The summed E-state index contributed by atoms with van der Waals surface area (Å²) in [6.07, 6.45) is 0.161. The van der Waals surface area contributed by atoms with Gasteiger partial charge < -0.3 is 20.3 Å². The number of aromatic nitrogens is 1. The number of hydrogen-bond donors (Lipinski definition) is 3. The number of amides is 1. The molecule has 6 heteroatoms.